The molecular weight excluding hydrogens is 328 g/mol. The van der Waals surface area contributed by atoms with Gasteiger partial charge in [0.05, 0.1) is 11.1 Å². The minimum absolute atomic E-state index is 0.133. The van der Waals surface area contributed by atoms with Crippen molar-refractivity contribution >= 4 is 35.5 Å². The van der Waals surface area contributed by atoms with Crippen molar-refractivity contribution in [3.8, 4) is 0 Å². The number of hydrogen-bond acceptors (Lipinski definition) is 5. The Morgan fingerprint density at radius 1 is 1.12 bits per heavy atom. The number of amides is 3. The number of nitrogens with one attached hydrogen (secondary N) is 3. The van der Waals surface area contributed by atoms with Crippen molar-refractivity contribution in [2.24, 2.45) is 12.1 Å². The lowest BCUT2D eigenvalue weighted by Crippen LogP contribution is -2.29. The summed E-state index contributed by atoms with van der Waals surface area (Å²) in [5.41, 5.74) is 0.0674. The predicted octanol–water partition coefficient (Wildman–Crippen LogP) is -0.467. The van der Waals surface area contributed by atoms with Crippen LogP contribution in [0.3, 0.4) is 0 Å². The van der Waals surface area contributed by atoms with Crippen LogP contribution >= 0.6 is 0 Å². The number of rotatable bonds is 3. The van der Waals surface area contributed by atoms with Gasteiger partial charge in [-0.05, 0) is 12.2 Å². The number of hydrogen-bond donors (Lipinski definition) is 3. The molecule has 1 aromatic heterocycles. The average Bonchev–Trinajstić information content (AvgIpc) is 2.90. The highest BCUT2D eigenvalue weighted by atomic mass is 16.2. The fourth-order valence-corrected chi connectivity index (χ4v) is 2.17. The van der Waals surface area contributed by atoms with Crippen molar-refractivity contribution in [3.05, 3.63) is 33.6 Å². The summed E-state index contributed by atoms with van der Waals surface area (Å²) in [6.07, 6.45) is 4.36. The van der Waals surface area contributed by atoms with E-state index in [1.165, 1.54) is 50.9 Å². The van der Waals surface area contributed by atoms with Crippen molar-refractivity contribution in [1.82, 2.24) is 20.1 Å². The van der Waals surface area contributed by atoms with E-state index in [0.29, 0.717) is 0 Å². The van der Waals surface area contributed by atoms with Crippen molar-refractivity contribution in [2.75, 3.05) is 12.4 Å². The van der Waals surface area contributed by atoms with Crippen LogP contribution < -0.4 is 16.2 Å². The Morgan fingerprint density at radius 3 is 2.36 bits per heavy atom. The third kappa shape index (κ3) is 3.91. The van der Waals surface area contributed by atoms with E-state index in [0.717, 1.165) is 5.01 Å². The molecule has 10 heteroatoms. The number of amidine groups is 1. The maximum absolute atomic E-state index is 12.1. The standard InChI is InChI=1S/C15H18N6O4/c1-8(22)16-12-10(14(24)20(3)18-12)6-5-7-11-13(17-9(2)23)19-21(4)15(11)25/h5-7,18H,1-4H3,(H,16,22)(H,17,19,23). The molecule has 0 aliphatic carbocycles. The van der Waals surface area contributed by atoms with Gasteiger partial charge in [-0.1, -0.05) is 6.08 Å². The molecule has 1 aliphatic heterocycles. The molecule has 10 nitrogen and oxygen atoms in total. The second-order valence-corrected chi connectivity index (χ2v) is 5.34. The highest BCUT2D eigenvalue weighted by Crippen LogP contribution is 2.14. The molecule has 25 heavy (non-hydrogen) atoms. The third-order valence-electron chi connectivity index (χ3n) is 3.23. The first-order chi connectivity index (χ1) is 11.7. The Hall–Kier alpha value is -3.43. The van der Waals surface area contributed by atoms with Gasteiger partial charge in [-0.3, -0.25) is 29.0 Å². The number of aryl methyl sites for hydroxylation is 1. The van der Waals surface area contributed by atoms with E-state index < -0.39 is 5.91 Å². The zero-order valence-electron chi connectivity index (χ0n) is 14.2. The first-order valence-corrected chi connectivity index (χ1v) is 7.30. The SMILES string of the molecule is CC(=O)NC1=NN(C)C(=O)C1=CC=Cc1c(NC(C)=O)[nH]n(C)c1=O. The molecule has 0 unspecified atom stereocenters. The van der Waals surface area contributed by atoms with Gasteiger partial charge in [0.2, 0.25) is 11.8 Å². The van der Waals surface area contributed by atoms with E-state index in [-0.39, 0.29) is 40.2 Å². The van der Waals surface area contributed by atoms with Crippen LogP contribution in [0, 0.1) is 0 Å². The topological polar surface area (TPSA) is 129 Å². The summed E-state index contributed by atoms with van der Waals surface area (Å²) in [7, 11) is 2.98. The molecule has 0 saturated carbocycles. The highest BCUT2D eigenvalue weighted by molar-refractivity contribution is 6.26. The maximum atomic E-state index is 12.1. The van der Waals surface area contributed by atoms with Crippen molar-refractivity contribution in [1.29, 1.82) is 0 Å². The maximum Gasteiger partial charge on any atom is 0.277 e. The van der Waals surface area contributed by atoms with Gasteiger partial charge in [0.15, 0.2) is 5.84 Å². The first-order valence-electron chi connectivity index (χ1n) is 7.30. The minimum atomic E-state index is -0.391. The normalized spacial score (nSPS) is 15.8. The number of hydrazone groups is 1. The predicted molar refractivity (Wildman–Crippen MR) is 91.5 cm³/mol. The van der Waals surface area contributed by atoms with Gasteiger partial charge in [-0.2, -0.15) is 5.10 Å². The Bertz CT molecular complexity index is 886. The van der Waals surface area contributed by atoms with Crippen LogP contribution in [0.5, 0.6) is 0 Å². The summed E-state index contributed by atoms with van der Waals surface area (Å²) in [6.45, 7) is 2.63. The minimum Gasteiger partial charge on any atom is -0.311 e. The molecule has 0 aromatic carbocycles. The van der Waals surface area contributed by atoms with Crippen LogP contribution in [0.1, 0.15) is 19.4 Å². The van der Waals surface area contributed by atoms with E-state index in [9.17, 15) is 19.2 Å². The fraction of sp³-hybridized carbons (Fsp3) is 0.267. The van der Waals surface area contributed by atoms with Gasteiger partial charge in [-0.15, -0.1) is 0 Å². The molecular formula is C15H18N6O4. The molecule has 132 valence electrons. The van der Waals surface area contributed by atoms with Gasteiger partial charge in [0, 0.05) is 27.9 Å². The number of allylic oxidation sites excluding steroid dienone is 2. The Labute approximate surface area is 142 Å². The molecule has 2 heterocycles. The van der Waals surface area contributed by atoms with Crippen molar-refractivity contribution in [2.45, 2.75) is 13.8 Å². The van der Waals surface area contributed by atoms with Gasteiger partial charge in [0.25, 0.3) is 11.5 Å². The average molecular weight is 346 g/mol. The Kier molecular flexibility index (Phi) is 5.01. The van der Waals surface area contributed by atoms with E-state index in [4.69, 9.17) is 0 Å². The largest absolute Gasteiger partial charge is 0.311 e. The summed E-state index contributed by atoms with van der Waals surface area (Å²) < 4.78 is 1.22. The molecule has 0 saturated heterocycles. The van der Waals surface area contributed by atoms with E-state index in [2.05, 4.69) is 20.8 Å². The Morgan fingerprint density at radius 2 is 1.76 bits per heavy atom. The van der Waals surface area contributed by atoms with E-state index in [1.54, 1.807) is 0 Å². The molecule has 0 atom stereocenters. The molecule has 1 aliphatic rings. The van der Waals surface area contributed by atoms with Crippen LogP contribution in [-0.4, -0.2) is 45.4 Å². The van der Waals surface area contributed by atoms with Crippen LogP contribution in [0.2, 0.25) is 0 Å². The monoisotopic (exact) mass is 346 g/mol. The molecule has 1 aromatic rings. The number of likely N-dealkylation sites (N-methyl/N-ethyl adjacent to an activating group) is 1. The first kappa shape index (κ1) is 17.9. The van der Waals surface area contributed by atoms with E-state index in [1.807, 2.05) is 0 Å². The molecule has 0 spiro atoms. The quantitative estimate of drug-likeness (QED) is 0.639. The van der Waals surface area contributed by atoms with Gasteiger partial charge in [0.1, 0.15) is 5.82 Å². The zero-order chi connectivity index (χ0) is 18.7. The summed E-state index contributed by atoms with van der Waals surface area (Å²) >= 11 is 0. The van der Waals surface area contributed by atoms with Crippen LogP contribution in [0.4, 0.5) is 5.82 Å². The van der Waals surface area contributed by atoms with Gasteiger partial charge < -0.3 is 10.6 Å². The number of anilines is 1. The van der Waals surface area contributed by atoms with Gasteiger partial charge >= 0.3 is 0 Å². The number of aromatic nitrogens is 2. The lowest BCUT2D eigenvalue weighted by atomic mass is 10.2. The zero-order valence-corrected chi connectivity index (χ0v) is 14.2. The molecule has 0 fully saturated rings. The highest BCUT2D eigenvalue weighted by Gasteiger charge is 2.27. The van der Waals surface area contributed by atoms with Gasteiger partial charge in [-0.25, -0.2) is 5.01 Å². The number of H-pyrrole nitrogens is 1. The molecule has 3 N–H and O–H groups in total. The lowest BCUT2D eigenvalue weighted by Gasteiger charge is -2.01. The smallest absolute Gasteiger partial charge is 0.277 e. The summed E-state index contributed by atoms with van der Waals surface area (Å²) in [4.78, 5) is 46.5. The Balaban J connectivity index is 2.33. The van der Waals surface area contributed by atoms with E-state index >= 15 is 0 Å². The van der Waals surface area contributed by atoms with Crippen LogP contribution in [-0.2, 0) is 21.4 Å². The summed E-state index contributed by atoms with van der Waals surface area (Å²) in [5, 5.41) is 12.7. The summed E-state index contributed by atoms with van der Waals surface area (Å²) in [6, 6.07) is 0. The van der Waals surface area contributed by atoms with Crippen molar-refractivity contribution in [3.63, 3.8) is 0 Å². The summed E-state index contributed by atoms with van der Waals surface area (Å²) in [5.74, 6) is -0.696. The van der Waals surface area contributed by atoms with Crippen molar-refractivity contribution < 1.29 is 14.4 Å². The molecule has 0 bridgehead atoms. The third-order valence-corrected chi connectivity index (χ3v) is 3.23. The van der Waals surface area contributed by atoms with Crippen LogP contribution in [0.15, 0.2) is 27.6 Å². The second kappa shape index (κ2) is 6.99. The molecule has 3 amide bonds. The second-order valence-electron chi connectivity index (χ2n) is 5.34. The fourth-order valence-electron chi connectivity index (χ4n) is 2.17. The number of carbonyl (C=O) groups is 3. The number of carbonyl (C=O) groups excluding carboxylic acids is 3. The number of aromatic amines is 1. The molecule has 0 radical (unpaired) electrons. The molecule has 2 rings (SSSR count). The lowest BCUT2D eigenvalue weighted by molar-refractivity contribution is -0.124. The van der Waals surface area contributed by atoms with Crippen LogP contribution in [0.25, 0.3) is 6.08 Å². The number of nitrogens with zero attached hydrogens (tertiary/aromatic N) is 3.